The Hall–Kier alpha value is -1.60. The average Bonchev–Trinajstić information content (AvgIpc) is 2.55. The molecule has 0 aliphatic carbocycles. The predicted octanol–water partition coefficient (Wildman–Crippen LogP) is 3.10. The highest BCUT2D eigenvalue weighted by Gasteiger charge is 2.14. The smallest absolute Gasteiger partial charge is 0.457 e. The van der Waals surface area contributed by atoms with E-state index in [1.165, 1.54) is 7.11 Å². The number of benzene rings is 2. The van der Waals surface area contributed by atoms with Gasteiger partial charge >= 0.3 is 7.32 Å². The molecule has 0 aromatic heterocycles. The Balaban J connectivity index is 2.09. The lowest BCUT2D eigenvalue weighted by Crippen LogP contribution is -2.20. The summed E-state index contributed by atoms with van der Waals surface area (Å²) in [6, 6.07) is 14.5. The van der Waals surface area contributed by atoms with E-state index in [9.17, 15) is 5.02 Å². The van der Waals surface area contributed by atoms with Crippen LogP contribution in [0.5, 0.6) is 11.5 Å². The molecule has 0 amide bonds. The van der Waals surface area contributed by atoms with Crippen molar-refractivity contribution in [3.63, 3.8) is 0 Å². The van der Waals surface area contributed by atoms with Gasteiger partial charge in [0.05, 0.1) is 18.2 Å². The maximum Gasteiger partial charge on any atom is 0.636 e. The molecule has 0 bridgehead atoms. The van der Waals surface area contributed by atoms with Crippen LogP contribution in [0.1, 0.15) is 11.1 Å². The van der Waals surface area contributed by atoms with Crippen LogP contribution >= 0.6 is 22.6 Å². The largest absolute Gasteiger partial charge is 0.636 e. The van der Waals surface area contributed by atoms with Crippen molar-refractivity contribution in [2.24, 2.45) is 0 Å². The van der Waals surface area contributed by atoms with Gasteiger partial charge in [0, 0.05) is 10.7 Å². The zero-order chi connectivity index (χ0) is 15.9. The zero-order valence-corrected chi connectivity index (χ0v) is 14.0. The van der Waals surface area contributed by atoms with Gasteiger partial charge in [0.2, 0.25) is 0 Å². The number of nitrogens with zero attached hydrogens (tertiary/aromatic N) is 1. The van der Waals surface area contributed by atoms with E-state index in [0.717, 1.165) is 9.13 Å². The highest BCUT2D eigenvalue weighted by atomic mass is 127. The van der Waals surface area contributed by atoms with Crippen LogP contribution < -0.4 is 4.74 Å². The minimum absolute atomic E-state index is 0.206. The van der Waals surface area contributed by atoms with E-state index in [1.54, 1.807) is 24.3 Å². The third-order valence-corrected chi connectivity index (χ3v) is 3.87. The van der Waals surface area contributed by atoms with Crippen molar-refractivity contribution in [2.45, 2.75) is 6.61 Å². The molecule has 5 nitrogen and oxygen atoms in total. The molecule has 0 spiro atoms. The topological polar surface area (TPSA) is 71.7 Å². The minimum Gasteiger partial charge on any atom is -0.457 e. The van der Waals surface area contributed by atoms with Crippen LogP contribution in [-0.4, -0.2) is 19.5 Å². The zero-order valence-electron chi connectivity index (χ0n) is 11.8. The second-order valence-electron chi connectivity index (χ2n) is 4.35. The number of halogens is 1. The number of hydrogen-bond acceptors (Lipinski definition) is 5. The second kappa shape index (κ2) is 8.15. The standard InChI is InChI=1S/C15H13BINO4/c1-20-16(19)21-10-12-8-14(6-7-15(12)17)22-13-4-2-11(9-18)3-5-13/h2-8,19H,10H2,1H3. The van der Waals surface area contributed by atoms with Gasteiger partial charge in [-0.25, -0.2) is 0 Å². The van der Waals surface area contributed by atoms with Gasteiger partial charge in [0.25, 0.3) is 0 Å². The highest BCUT2D eigenvalue weighted by Crippen LogP contribution is 2.25. The van der Waals surface area contributed by atoms with Gasteiger partial charge in [0.15, 0.2) is 0 Å². The van der Waals surface area contributed by atoms with Gasteiger partial charge in [0.1, 0.15) is 11.5 Å². The van der Waals surface area contributed by atoms with E-state index >= 15 is 0 Å². The van der Waals surface area contributed by atoms with Crippen LogP contribution in [0.4, 0.5) is 0 Å². The Morgan fingerprint density at radius 1 is 1.18 bits per heavy atom. The maximum absolute atomic E-state index is 9.26. The van der Waals surface area contributed by atoms with Crippen molar-refractivity contribution in [3.8, 4) is 17.6 Å². The predicted molar refractivity (Wildman–Crippen MR) is 90.2 cm³/mol. The monoisotopic (exact) mass is 409 g/mol. The molecule has 0 unspecified atom stereocenters. The van der Waals surface area contributed by atoms with Crippen LogP contribution in [0.15, 0.2) is 42.5 Å². The summed E-state index contributed by atoms with van der Waals surface area (Å²) >= 11 is 2.18. The lowest BCUT2D eigenvalue weighted by atomic mass is 10.2. The van der Waals surface area contributed by atoms with E-state index in [0.29, 0.717) is 17.1 Å². The van der Waals surface area contributed by atoms with Crippen LogP contribution in [0, 0.1) is 14.9 Å². The fraction of sp³-hybridized carbons (Fsp3) is 0.133. The lowest BCUT2D eigenvalue weighted by Gasteiger charge is -2.11. The van der Waals surface area contributed by atoms with Gasteiger partial charge < -0.3 is 19.1 Å². The molecule has 0 saturated heterocycles. The molecule has 112 valence electrons. The first kappa shape index (κ1) is 16.8. The fourth-order valence-corrected chi connectivity index (χ4v) is 2.18. The first-order chi connectivity index (χ1) is 10.6. The molecular formula is C15H13BINO4. The van der Waals surface area contributed by atoms with Crippen LogP contribution in [-0.2, 0) is 15.9 Å². The molecule has 0 aliphatic rings. The third-order valence-electron chi connectivity index (χ3n) is 2.82. The van der Waals surface area contributed by atoms with Crippen molar-refractivity contribution < 1.29 is 19.1 Å². The molecule has 1 N–H and O–H groups in total. The van der Waals surface area contributed by atoms with E-state index in [2.05, 4.69) is 33.3 Å². The van der Waals surface area contributed by atoms with Crippen LogP contribution in [0.3, 0.4) is 0 Å². The first-order valence-corrected chi connectivity index (χ1v) is 7.49. The first-order valence-electron chi connectivity index (χ1n) is 6.41. The third kappa shape index (κ3) is 4.71. The second-order valence-corrected chi connectivity index (χ2v) is 5.51. The molecule has 0 aliphatic heterocycles. The molecule has 2 aromatic rings. The maximum atomic E-state index is 9.26. The SMILES string of the molecule is COB(O)OCc1cc(Oc2ccc(C#N)cc2)ccc1I. The minimum atomic E-state index is -1.25. The molecule has 0 radical (unpaired) electrons. The Labute approximate surface area is 142 Å². The number of rotatable bonds is 6. The lowest BCUT2D eigenvalue weighted by molar-refractivity contribution is 0.151. The van der Waals surface area contributed by atoms with Crippen molar-refractivity contribution >= 4 is 29.9 Å². The van der Waals surface area contributed by atoms with Crippen molar-refractivity contribution in [2.75, 3.05) is 7.11 Å². The number of nitriles is 1. The Bertz CT molecular complexity index is 672. The highest BCUT2D eigenvalue weighted by molar-refractivity contribution is 14.1. The molecule has 0 saturated carbocycles. The fourth-order valence-electron chi connectivity index (χ4n) is 1.69. The summed E-state index contributed by atoms with van der Waals surface area (Å²) in [5.41, 5.74) is 1.46. The quantitative estimate of drug-likeness (QED) is 0.587. The van der Waals surface area contributed by atoms with Gasteiger partial charge in [-0.3, -0.25) is 0 Å². The normalized spacial score (nSPS) is 10.1. The summed E-state index contributed by atoms with van der Waals surface area (Å²) in [6.07, 6.45) is 0. The summed E-state index contributed by atoms with van der Waals surface area (Å²) in [4.78, 5) is 0. The Kier molecular flexibility index (Phi) is 6.21. The van der Waals surface area contributed by atoms with Crippen molar-refractivity contribution in [1.29, 1.82) is 5.26 Å². The molecule has 7 heteroatoms. The summed E-state index contributed by atoms with van der Waals surface area (Å²) in [5.74, 6) is 1.29. The summed E-state index contributed by atoms with van der Waals surface area (Å²) in [7, 11) is 0.110. The number of ether oxygens (including phenoxy) is 1. The molecule has 0 heterocycles. The summed E-state index contributed by atoms with van der Waals surface area (Å²) in [6.45, 7) is 0.206. The van der Waals surface area contributed by atoms with E-state index in [1.807, 2.05) is 18.2 Å². The van der Waals surface area contributed by atoms with Crippen LogP contribution in [0.25, 0.3) is 0 Å². The Morgan fingerprint density at radius 3 is 2.50 bits per heavy atom. The van der Waals surface area contributed by atoms with Gasteiger partial charge in [-0.15, -0.1) is 0 Å². The molecular weight excluding hydrogens is 396 g/mol. The molecule has 2 aromatic carbocycles. The molecule has 22 heavy (non-hydrogen) atoms. The van der Waals surface area contributed by atoms with E-state index in [-0.39, 0.29) is 6.61 Å². The average molecular weight is 409 g/mol. The molecule has 0 fully saturated rings. The van der Waals surface area contributed by atoms with Gasteiger partial charge in [-0.1, -0.05) is 0 Å². The van der Waals surface area contributed by atoms with Gasteiger partial charge in [-0.05, 0) is 70.6 Å². The van der Waals surface area contributed by atoms with Crippen molar-refractivity contribution in [3.05, 3.63) is 57.2 Å². The van der Waals surface area contributed by atoms with Crippen LogP contribution in [0.2, 0.25) is 0 Å². The summed E-state index contributed by atoms with van der Waals surface area (Å²) < 4.78 is 16.5. The van der Waals surface area contributed by atoms with E-state index in [4.69, 9.17) is 14.7 Å². The van der Waals surface area contributed by atoms with Crippen molar-refractivity contribution in [1.82, 2.24) is 0 Å². The number of hydrogen-bond donors (Lipinski definition) is 1. The van der Waals surface area contributed by atoms with E-state index < -0.39 is 7.32 Å². The molecule has 2 rings (SSSR count). The van der Waals surface area contributed by atoms with Gasteiger partial charge in [-0.2, -0.15) is 5.26 Å². The Morgan fingerprint density at radius 2 is 1.86 bits per heavy atom. The summed E-state index contributed by atoms with van der Waals surface area (Å²) in [5, 5.41) is 18.0. The molecule has 0 atom stereocenters.